The highest BCUT2D eigenvalue weighted by molar-refractivity contribution is 6.36. The maximum atomic E-state index is 6.10. The molecule has 2 N–H and O–H groups in total. The van der Waals surface area contributed by atoms with Gasteiger partial charge < -0.3 is 5.73 Å². The first-order chi connectivity index (χ1) is 7.78. The van der Waals surface area contributed by atoms with Gasteiger partial charge in [0.15, 0.2) is 5.65 Å². The van der Waals surface area contributed by atoms with Gasteiger partial charge in [-0.2, -0.15) is 0 Å². The van der Waals surface area contributed by atoms with E-state index < -0.39 is 0 Å². The second-order valence-electron chi connectivity index (χ2n) is 5.38. The van der Waals surface area contributed by atoms with Crippen molar-refractivity contribution in [1.29, 1.82) is 0 Å². The summed E-state index contributed by atoms with van der Waals surface area (Å²) < 4.78 is 1.74. The van der Waals surface area contributed by atoms with Crippen LogP contribution in [0.5, 0.6) is 0 Å². The average molecular weight is 272 g/mol. The van der Waals surface area contributed by atoms with Crippen molar-refractivity contribution in [2.24, 2.45) is 5.41 Å². The van der Waals surface area contributed by atoms with Crippen LogP contribution in [0.4, 0.5) is 5.82 Å². The SMILES string of the molecule is CC(C)(C)Cc1nc2c(Cl)cc(Cl)cn2c1N. The van der Waals surface area contributed by atoms with Gasteiger partial charge in [0.2, 0.25) is 0 Å². The number of rotatable bonds is 1. The predicted molar refractivity (Wildman–Crippen MR) is 72.8 cm³/mol. The summed E-state index contributed by atoms with van der Waals surface area (Å²) in [6, 6.07) is 1.67. The molecule has 5 heteroatoms. The third kappa shape index (κ3) is 2.50. The largest absolute Gasteiger partial charge is 0.383 e. The molecule has 2 rings (SSSR count). The number of pyridine rings is 1. The third-order valence-electron chi connectivity index (χ3n) is 2.45. The fraction of sp³-hybridized carbons (Fsp3) is 0.417. The zero-order chi connectivity index (χ0) is 12.8. The molecule has 17 heavy (non-hydrogen) atoms. The Morgan fingerprint density at radius 3 is 2.59 bits per heavy atom. The number of imidazole rings is 1. The molecule has 2 heterocycles. The lowest BCUT2D eigenvalue weighted by molar-refractivity contribution is 0.408. The van der Waals surface area contributed by atoms with Crippen LogP contribution in [0.15, 0.2) is 12.3 Å². The van der Waals surface area contributed by atoms with E-state index in [4.69, 9.17) is 28.9 Å². The van der Waals surface area contributed by atoms with E-state index in [1.807, 2.05) is 0 Å². The molecule has 2 aromatic rings. The molecule has 0 aliphatic rings. The number of anilines is 1. The van der Waals surface area contributed by atoms with E-state index in [1.54, 1.807) is 16.7 Å². The van der Waals surface area contributed by atoms with Crippen LogP contribution in [0.1, 0.15) is 26.5 Å². The van der Waals surface area contributed by atoms with Gasteiger partial charge in [-0.15, -0.1) is 0 Å². The fourth-order valence-electron chi connectivity index (χ4n) is 1.77. The molecule has 92 valence electrons. The highest BCUT2D eigenvalue weighted by Crippen LogP contribution is 2.29. The molecule has 0 saturated carbocycles. The first kappa shape index (κ1) is 12.5. The van der Waals surface area contributed by atoms with E-state index in [1.165, 1.54) is 0 Å². The lowest BCUT2D eigenvalue weighted by atomic mass is 9.90. The Labute approximate surface area is 111 Å². The smallest absolute Gasteiger partial charge is 0.157 e. The number of aromatic nitrogens is 2. The van der Waals surface area contributed by atoms with E-state index in [0.29, 0.717) is 21.5 Å². The van der Waals surface area contributed by atoms with E-state index in [9.17, 15) is 0 Å². The Kier molecular flexibility index (Phi) is 3.00. The van der Waals surface area contributed by atoms with Crippen molar-refractivity contribution in [2.45, 2.75) is 27.2 Å². The molecule has 0 unspecified atom stereocenters. The van der Waals surface area contributed by atoms with Gasteiger partial charge in [-0.1, -0.05) is 44.0 Å². The number of nitrogens with zero attached hydrogens (tertiary/aromatic N) is 2. The third-order valence-corrected chi connectivity index (χ3v) is 2.94. The van der Waals surface area contributed by atoms with E-state index >= 15 is 0 Å². The summed E-state index contributed by atoms with van der Waals surface area (Å²) in [6.45, 7) is 6.43. The van der Waals surface area contributed by atoms with E-state index in [-0.39, 0.29) is 5.41 Å². The quantitative estimate of drug-likeness (QED) is 0.857. The summed E-state index contributed by atoms with van der Waals surface area (Å²) in [5, 5.41) is 1.07. The van der Waals surface area contributed by atoms with Gasteiger partial charge in [0, 0.05) is 6.20 Å². The average Bonchev–Trinajstić information content (AvgIpc) is 2.43. The molecule has 0 spiro atoms. The first-order valence-electron chi connectivity index (χ1n) is 5.39. The zero-order valence-electron chi connectivity index (χ0n) is 10.1. The highest BCUT2D eigenvalue weighted by Gasteiger charge is 2.18. The van der Waals surface area contributed by atoms with Crippen molar-refractivity contribution in [3.05, 3.63) is 28.0 Å². The first-order valence-corrected chi connectivity index (χ1v) is 6.15. The molecular formula is C12H15Cl2N3. The van der Waals surface area contributed by atoms with Gasteiger partial charge in [0.25, 0.3) is 0 Å². The topological polar surface area (TPSA) is 43.3 Å². The molecule has 0 aliphatic heterocycles. The van der Waals surface area contributed by atoms with Crippen LogP contribution in [0.25, 0.3) is 5.65 Å². The number of fused-ring (bicyclic) bond motifs is 1. The second kappa shape index (κ2) is 4.07. The standard InChI is InChI=1S/C12H15Cl2N3/c1-12(2,3)5-9-10(15)17-6-7(13)4-8(14)11(17)16-9/h4,6H,5,15H2,1-3H3. The van der Waals surface area contributed by atoms with Crippen molar-refractivity contribution < 1.29 is 0 Å². The van der Waals surface area contributed by atoms with Crippen molar-refractivity contribution >= 4 is 34.7 Å². The van der Waals surface area contributed by atoms with Crippen molar-refractivity contribution in [3.63, 3.8) is 0 Å². The van der Waals surface area contributed by atoms with Crippen LogP contribution < -0.4 is 5.73 Å². The monoisotopic (exact) mass is 271 g/mol. The summed E-state index contributed by atoms with van der Waals surface area (Å²) in [4.78, 5) is 4.49. The maximum Gasteiger partial charge on any atom is 0.157 e. The fourth-order valence-corrected chi connectivity index (χ4v) is 2.28. The lowest BCUT2D eigenvalue weighted by Crippen LogP contribution is -2.11. The van der Waals surface area contributed by atoms with Crippen molar-refractivity contribution in [2.75, 3.05) is 5.73 Å². The summed E-state index contributed by atoms with van der Waals surface area (Å²) >= 11 is 12.0. The highest BCUT2D eigenvalue weighted by atomic mass is 35.5. The Bertz CT molecular complexity index is 567. The lowest BCUT2D eigenvalue weighted by Gasteiger charge is -2.16. The number of nitrogens with two attached hydrogens (primary N) is 1. The predicted octanol–water partition coefficient (Wildman–Crippen LogP) is 3.81. The number of hydrogen-bond donors (Lipinski definition) is 1. The Balaban J connectivity index is 2.61. The molecule has 2 aromatic heterocycles. The Morgan fingerprint density at radius 2 is 2.00 bits per heavy atom. The number of nitrogen functional groups attached to an aromatic ring is 1. The van der Waals surface area contributed by atoms with Crippen LogP contribution in [-0.4, -0.2) is 9.38 Å². The second-order valence-corrected chi connectivity index (χ2v) is 6.22. The molecule has 0 amide bonds. The molecule has 0 fully saturated rings. The minimum Gasteiger partial charge on any atom is -0.383 e. The molecule has 3 nitrogen and oxygen atoms in total. The molecule has 0 saturated heterocycles. The van der Waals surface area contributed by atoms with Crippen molar-refractivity contribution in [1.82, 2.24) is 9.38 Å². The zero-order valence-corrected chi connectivity index (χ0v) is 11.6. The molecule has 0 radical (unpaired) electrons. The van der Waals surface area contributed by atoms with Gasteiger partial charge in [-0.05, 0) is 17.9 Å². The molecule has 0 bridgehead atoms. The van der Waals surface area contributed by atoms with Gasteiger partial charge in [-0.25, -0.2) is 4.98 Å². The van der Waals surface area contributed by atoms with Gasteiger partial charge >= 0.3 is 0 Å². The van der Waals surface area contributed by atoms with Crippen LogP contribution in [0.3, 0.4) is 0 Å². The minimum absolute atomic E-state index is 0.127. The number of hydrogen-bond acceptors (Lipinski definition) is 2. The Morgan fingerprint density at radius 1 is 1.35 bits per heavy atom. The Hall–Kier alpha value is -0.930. The summed E-state index contributed by atoms with van der Waals surface area (Å²) in [7, 11) is 0. The van der Waals surface area contributed by atoms with Crippen LogP contribution in [-0.2, 0) is 6.42 Å². The van der Waals surface area contributed by atoms with Crippen LogP contribution in [0, 0.1) is 5.41 Å². The summed E-state index contributed by atoms with van der Waals surface area (Å²) in [5.74, 6) is 0.610. The summed E-state index contributed by atoms with van der Waals surface area (Å²) in [5.41, 5.74) is 7.72. The van der Waals surface area contributed by atoms with Crippen LogP contribution in [0.2, 0.25) is 10.0 Å². The molecular weight excluding hydrogens is 257 g/mol. The summed E-state index contributed by atoms with van der Waals surface area (Å²) in [6.07, 6.45) is 2.53. The molecule has 0 aromatic carbocycles. The molecule has 0 aliphatic carbocycles. The van der Waals surface area contributed by atoms with Crippen LogP contribution >= 0.6 is 23.2 Å². The van der Waals surface area contributed by atoms with E-state index in [2.05, 4.69) is 25.8 Å². The van der Waals surface area contributed by atoms with Gasteiger partial charge in [-0.3, -0.25) is 4.40 Å². The maximum absolute atomic E-state index is 6.10. The minimum atomic E-state index is 0.127. The number of halogens is 2. The normalized spacial score (nSPS) is 12.3. The van der Waals surface area contributed by atoms with Gasteiger partial charge in [0.05, 0.1) is 15.7 Å². The molecule has 0 atom stereocenters. The van der Waals surface area contributed by atoms with Crippen molar-refractivity contribution in [3.8, 4) is 0 Å². The van der Waals surface area contributed by atoms with Gasteiger partial charge in [0.1, 0.15) is 5.82 Å². The van der Waals surface area contributed by atoms with E-state index in [0.717, 1.165) is 12.1 Å².